The highest BCUT2D eigenvalue weighted by atomic mass is 16.5. The van der Waals surface area contributed by atoms with Crippen molar-refractivity contribution >= 4 is 17.1 Å². The van der Waals surface area contributed by atoms with Crippen LogP contribution in [0, 0.1) is 13.8 Å². The lowest BCUT2D eigenvalue weighted by Gasteiger charge is -2.23. The van der Waals surface area contributed by atoms with E-state index < -0.39 is 0 Å². The number of ether oxygens (including phenoxy) is 1. The van der Waals surface area contributed by atoms with Gasteiger partial charge in [0.2, 0.25) is 0 Å². The Morgan fingerprint density at radius 1 is 1.10 bits per heavy atom. The van der Waals surface area contributed by atoms with Crippen molar-refractivity contribution in [2.75, 3.05) is 24.3 Å². The molecule has 0 unspecified atom stereocenters. The van der Waals surface area contributed by atoms with Gasteiger partial charge in [0.1, 0.15) is 5.75 Å². The summed E-state index contributed by atoms with van der Waals surface area (Å²) in [5.41, 5.74) is 11.4. The van der Waals surface area contributed by atoms with Crippen LogP contribution in [0.5, 0.6) is 5.75 Å². The zero-order valence-electron chi connectivity index (χ0n) is 13.3. The first kappa shape index (κ1) is 15.2. The van der Waals surface area contributed by atoms with E-state index in [0.717, 1.165) is 23.5 Å². The number of rotatable bonds is 5. The largest absolute Gasteiger partial charge is 0.493 e. The fraction of sp³-hybridized carbons (Fsp3) is 0.333. The number of nitrogens with two attached hydrogens (primary N) is 1. The quantitative estimate of drug-likeness (QED) is 0.825. The molecule has 0 radical (unpaired) electrons. The molecule has 0 aliphatic rings. The van der Waals surface area contributed by atoms with E-state index in [1.165, 1.54) is 16.8 Å². The second-order valence-corrected chi connectivity index (χ2v) is 5.46. The molecule has 2 rings (SSSR count). The molecule has 3 nitrogen and oxygen atoms in total. The SMILES string of the molecule is CCCOc1cc(N)cc(N(C)c2ccc(C)cc2C)c1. The van der Waals surface area contributed by atoms with Gasteiger partial charge < -0.3 is 15.4 Å². The topological polar surface area (TPSA) is 38.5 Å². The molecule has 3 heteroatoms. The Hall–Kier alpha value is -2.16. The average molecular weight is 284 g/mol. The highest BCUT2D eigenvalue weighted by Crippen LogP contribution is 2.31. The molecule has 0 aliphatic heterocycles. The lowest BCUT2D eigenvalue weighted by Crippen LogP contribution is -2.11. The lowest BCUT2D eigenvalue weighted by molar-refractivity contribution is 0.317. The fourth-order valence-corrected chi connectivity index (χ4v) is 2.42. The van der Waals surface area contributed by atoms with E-state index in [1.807, 2.05) is 18.2 Å². The predicted molar refractivity (Wildman–Crippen MR) is 90.6 cm³/mol. The van der Waals surface area contributed by atoms with Crippen molar-refractivity contribution in [1.29, 1.82) is 0 Å². The van der Waals surface area contributed by atoms with Crippen LogP contribution in [0.2, 0.25) is 0 Å². The van der Waals surface area contributed by atoms with Gasteiger partial charge in [-0.05, 0) is 38.0 Å². The number of hydrogen-bond donors (Lipinski definition) is 1. The van der Waals surface area contributed by atoms with Gasteiger partial charge in [-0.15, -0.1) is 0 Å². The molecule has 0 atom stereocenters. The molecule has 0 aromatic heterocycles. The number of anilines is 3. The molecule has 2 aromatic carbocycles. The molecule has 0 spiro atoms. The molecule has 2 N–H and O–H groups in total. The predicted octanol–water partition coefficient (Wildman–Crippen LogP) is 4.44. The number of benzene rings is 2. The molecule has 0 amide bonds. The summed E-state index contributed by atoms with van der Waals surface area (Å²) in [5.74, 6) is 0.823. The van der Waals surface area contributed by atoms with Crippen LogP contribution in [-0.2, 0) is 0 Å². The van der Waals surface area contributed by atoms with Crippen LogP contribution in [0.15, 0.2) is 36.4 Å². The van der Waals surface area contributed by atoms with E-state index >= 15 is 0 Å². The second-order valence-electron chi connectivity index (χ2n) is 5.46. The minimum Gasteiger partial charge on any atom is -0.493 e. The van der Waals surface area contributed by atoms with Crippen molar-refractivity contribution in [3.63, 3.8) is 0 Å². The Bertz CT molecular complexity index is 623. The summed E-state index contributed by atoms with van der Waals surface area (Å²) in [7, 11) is 2.05. The Morgan fingerprint density at radius 2 is 1.86 bits per heavy atom. The summed E-state index contributed by atoms with van der Waals surface area (Å²) in [6.07, 6.45) is 0.983. The van der Waals surface area contributed by atoms with Crippen LogP contribution in [0.1, 0.15) is 24.5 Å². The van der Waals surface area contributed by atoms with Gasteiger partial charge in [-0.1, -0.05) is 24.6 Å². The van der Waals surface area contributed by atoms with Crippen molar-refractivity contribution in [1.82, 2.24) is 0 Å². The first-order valence-corrected chi connectivity index (χ1v) is 7.35. The van der Waals surface area contributed by atoms with E-state index in [4.69, 9.17) is 10.5 Å². The Kier molecular flexibility index (Phi) is 4.73. The molecule has 2 aromatic rings. The molecule has 0 bridgehead atoms. The van der Waals surface area contributed by atoms with Gasteiger partial charge in [0, 0.05) is 36.2 Å². The standard InChI is InChI=1S/C18H24N2O/c1-5-8-21-17-11-15(19)10-16(12-17)20(4)18-7-6-13(2)9-14(18)3/h6-7,9-12H,5,8,19H2,1-4H3. The fourth-order valence-electron chi connectivity index (χ4n) is 2.42. The molecule has 0 saturated carbocycles. The van der Waals surface area contributed by atoms with E-state index in [9.17, 15) is 0 Å². The van der Waals surface area contributed by atoms with Gasteiger partial charge >= 0.3 is 0 Å². The number of nitrogens with zero attached hydrogens (tertiary/aromatic N) is 1. The van der Waals surface area contributed by atoms with Gasteiger partial charge in [0.15, 0.2) is 0 Å². The van der Waals surface area contributed by atoms with Crippen LogP contribution in [0.25, 0.3) is 0 Å². The monoisotopic (exact) mass is 284 g/mol. The van der Waals surface area contributed by atoms with Crippen LogP contribution in [0.4, 0.5) is 17.1 Å². The van der Waals surface area contributed by atoms with E-state index in [-0.39, 0.29) is 0 Å². The van der Waals surface area contributed by atoms with Crippen LogP contribution in [0.3, 0.4) is 0 Å². The van der Waals surface area contributed by atoms with Crippen molar-refractivity contribution in [2.24, 2.45) is 0 Å². The van der Waals surface area contributed by atoms with Gasteiger partial charge in [0.05, 0.1) is 6.61 Å². The van der Waals surface area contributed by atoms with E-state index in [0.29, 0.717) is 6.61 Å². The summed E-state index contributed by atoms with van der Waals surface area (Å²) < 4.78 is 5.71. The first-order valence-electron chi connectivity index (χ1n) is 7.35. The summed E-state index contributed by atoms with van der Waals surface area (Å²) in [6.45, 7) is 7.03. The molecule has 21 heavy (non-hydrogen) atoms. The highest BCUT2D eigenvalue weighted by Gasteiger charge is 2.09. The Balaban J connectivity index is 2.33. The smallest absolute Gasteiger partial charge is 0.123 e. The average Bonchev–Trinajstić information content (AvgIpc) is 2.44. The van der Waals surface area contributed by atoms with Crippen molar-refractivity contribution < 1.29 is 4.74 Å². The third kappa shape index (κ3) is 3.69. The van der Waals surface area contributed by atoms with Gasteiger partial charge in [-0.25, -0.2) is 0 Å². The van der Waals surface area contributed by atoms with Gasteiger partial charge in [0.25, 0.3) is 0 Å². The molecule has 0 fully saturated rings. The summed E-state index contributed by atoms with van der Waals surface area (Å²) in [5, 5.41) is 0. The van der Waals surface area contributed by atoms with Crippen LogP contribution in [-0.4, -0.2) is 13.7 Å². The Labute approximate surface area is 127 Å². The van der Waals surface area contributed by atoms with Crippen molar-refractivity contribution in [2.45, 2.75) is 27.2 Å². The van der Waals surface area contributed by atoms with Crippen molar-refractivity contribution in [3.05, 3.63) is 47.5 Å². The second kappa shape index (κ2) is 6.53. The van der Waals surface area contributed by atoms with E-state index in [2.05, 4.69) is 50.9 Å². The van der Waals surface area contributed by atoms with Gasteiger partial charge in [-0.3, -0.25) is 0 Å². The zero-order chi connectivity index (χ0) is 15.4. The third-order valence-electron chi connectivity index (χ3n) is 3.49. The molecule has 0 aliphatic carbocycles. The summed E-state index contributed by atoms with van der Waals surface area (Å²) in [6, 6.07) is 12.3. The molecule has 112 valence electrons. The maximum absolute atomic E-state index is 6.00. The molecule has 0 saturated heterocycles. The highest BCUT2D eigenvalue weighted by molar-refractivity contribution is 5.70. The molecular weight excluding hydrogens is 260 g/mol. The zero-order valence-corrected chi connectivity index (χ0v) is 13.3. The number of hydrogen-bond acceptors (Lipinski definition) is 3. The van der Waals surface area contributed by atoms with E-state index in [1.54, 1.807) is 0 Å². The van der Waals surface area contributed by atoms with Crippen molar-refractivity contribution in [3.8, 4) is 5.75 Å². The lowest BCUT2D eigenvalue weighted by atomic mass is 10.1. The summed E-state index contributed by atoms with van der Waals surface area (Å²) in [4.78, 5) is 2.14. The minimum atomic E-state index is 0.705. The van der Waals surface area contributed by atoms with Gasteiger partial charge in [-0.2, -0.15) is 0 Å². The molecule has 0 heterocycles. The number of aryl methyl sites for hydroxylation is 2. The first-order chi connectivity index (χ1) is 10.0. The maximum atomic E-state index is 6.00. The van der Waals surface area contributed by atoms with Crippen LogP contribution >= 0.6 is 0 Å². The number of nitrogen functional groups attached to an aromatic ring is 1. The minimum absolute atomic E-state index is 0.705. The van der Waals surface area contributed by atoms with Crippen LogP contribution < -0.4 is 15.4 Å². The normalized spacial score (nSPS) is 10.5. The summed E-state index contributed by atoms with van der Waals surface area (Å²) >= 11 is 0. The molecular formula is C18H24N2O. The maximum Gasteiger partial charge on any atom is 0.123 e. The Morgan fingerprint density at radius 3 is 2.52 bits per heavy atom. The third-order valence-corrected chi connectivity index (χ3v) is 3.49.